The van der Waals surface area contributed by atoms with Crippen LogP contribution in [0.15, 0.2) is 18.2 Å². The van der Waals surface area contributed by atoms with Crippen LogP contribution in [-0.2, 0) is 14.6 Å². The molecule has 1 N–H and O–H groups in total. The van der Waals surface area contributed by atoms with Gasteiger partial charge in [0.1, 0.15) is 5.75 Å². The number of benzene rings is 1. The molecule has 116 valence electrons. The standard InChI is InChI=1S/C14H18ClNO4S/c1-10-7-11(3-4-12(10)15)20-8-13(17)16-14(2)5-6-21(18,19)9-14/h3-4,7H,5-6,8-9H2,1-2H3,(H,16,17)/t14-/m1/s1. The largest absolute Gasteiger partial charge is 0.484 e. The summed E-state index contributed by atoms with van der Waals surface area (Å²) in [5, 5.41) is 3.37. The number of amides is 1. The van der Waals surface area contributed by atoms with Crippen LogP contribution in [0, 0.1) is 6.92 Å². The second-order valence-electron chi connectivity index (χ2n) is 5.65. The molecule has 0 aromatic heterocycles. The number of rotatable bonds is 4. The zero-order valence-corrected chi connectivity index (χ0v) is 13.6. The minimum absolute atomic E-state index is 0.0220. The molecule has 0 bridgehead atoms. The molecular formula is C14H18ClNO4S. The van der Waals surface area contributed by atoms with Crippen LogP contribution < -0.4 is 10.1 Å². The van der Waals surface area contributed by atoms with Crippen molar-refractivity contribution in [2.24, 2.45) is 0 Å². The first-order chi connectivity index (χ1) is 9.69. The fourth-order valence-corrected chi connectivity index (χ4v) is 4.55. The fraction of sp³-hybridized carbons (Fsp3) is 0.500. The van der Waals surface area contributed by atoms with Crippen LogP contribution in [-0.4, -0.2) is 38.0 Å². The molecule has 1 aliphatic heterocycles. The Morgan fingerprint density at radius 2 is 2.19 bits per heavy atom. The molecule has 0 spiro atoms. The molecule has 0 aliphatic carbocycles. The van der Waals surface area contributed by atoms with Crippen molar-refractivity contribution >= 4 is 27.3 Å². The van der Waals surface area contributed by atoms with E-state index in [1.54, 1.807) is 25.1 Å². The number of ether oxygens (including phenoxy) is 1. The fourth-order valence-electron chi connectivity index (χ4n) is 2.34. The second-order valence-corrected chi connectivity index (χ2v) is 8.24. The summed E-state index contributed by atoms with van der Waals surface area (Å²) in [6.07, 6.45) is 0.432. The highest BCUT2D eigenvalue weighted by Gasteiger charge is 2.39. The summed E-state index contributed by atoms with van der Waals surface area (Å²) in [4.78, 5) is 11.9. The molecule has 0 saturated carbocycles. The average Bonchev–Trinajstić information content (AvgIpc) is 2.65. The molecule has 1 aromatic carbocycles. The predicted octanol–water partition coefficient (Wildman–Crippen LogP) is 1.72. The third-order valence-corrected chi connectivity index (χ3v) is 5.77. The molecular weight excluding hydrogens is 314 g/mol. The lowest BCUT2D eigenvalue weighted by Crippen LogP contribution is -2.48. The van der Waals surface area contributed by atoms with E-state index in [0.717, 1.165) is 5.56 Å². The first-order valence-electron chi connectivity index (χ1n) is 6.60. The Morgan fingerprint density at radius 3 is 2.76 bits per heavy atom. The Kier molecular flexibility index (Phi) is 4.49. The molecule has 1 saturated heterocycles. The molecule has 2 rings (SSSR count). The molecule has 1 aliphatic rings. The molecule has 1 fully saturated rings. The van der Waals surface area contributed by atoms with Crippen LogP contribution in [0.4, 0.5) is 0 Å². The molecule has 0 radical (unpaired) electrons. The van der Waals surface area contributed by atoms with E-state index in [1.165, 1.54) is 0 Å². The Morgan fingerprint density at radius 1 is 1.48 bits per heavy atom. The first kappa shape index (κ1) is 16.1. The smallest absolute Gasteiger partial charge is 0.258 e. The SMILES string of the molecule is Cc1cc(OCC(=O)N[C@]2(C)CCS(=O)(=O)C2)ccc1Cl. The number of halogens is 1. The zero-order chi connectivity index (χ0) is 15.7. The highest BCUT2D eigenvalue weighted by molar-refractivity contribution is 7.91. The van der Waals surface area contributed by atoms with Crippen LogP contribution in [0.1, 0.15) is 18.9 Å². The topological polar surface area (TPSA) is 72.5 Å². The Bertz CT molecular complexity index is 659. The van der Waals surface area contributed by atoms with Crippen LogP contribution in [0.25, 0.3) is 0 Å². The molecule has 7 heteroatoms. The van der Waals surface area contributed by atoms with E-state index in [4.69, 9.17) is 16.3 Å². The van der Waals surface area contributed by atoms with Crippen molar-refractivity contribution < 1.29 is 17.9 Å². The summed E-state index contributed by atoms with van der Waals surface area (Å²) in [7, 11) is -3.05. The van der Waals surface area contributed by atoms with Gasteiger partial charge in [-0.2, -0.15) is 0 Å². The van der Waals surface area contributed by atoms with Gasteiger partial charge in [0, 0.05) is 5.02 Å². The minimum Gasteiger partial charge on any atom is -0.484 e. The van der Waals surface area contributed by atoms with Gasteiger partial charge in [0.15, 0.2) is 16.4 Å². The van der Waals surface area contributed by atoms with Crippen molar-refractivity contribution in [3.8, 4) is 5.75 Å². The number of carbonyl (C=O) groups excluding carboxylic acids is 1. The van der Waals surface area contributed by atoms with E-state index < -0.39 is 15.4 Å². The molecule has 1 amide bonds. The average molecular weight is 332 g/mol. The Labute approximate surface area is 129 Å². The van der Waals surface area contributed by atoms with Crippen molar-refractivity contribution in [2.45, 2.75) is 25.8 Å². The van der Waals surface area contributed by atoms with Crippen molar-refractivity contribution in [1.29, 1.82) is 0 Å². The maximum absolute atomic E-state index is 11.9. The van der Waals surface area contributed by atoms with Crippen molar-refractivity contribution in [3.05, 3.63) is 28.8 Å². The molecule has 21 heavy (non-hydrogen) atoms. The predicted molar refractivity (Wildman–Crippen MR) is 81.5 cm³/mol. The van der Waals surface area contributed by atoms with Crippen LogP contribution >= 0.6 is 11.6 Å². The van der Waals surface area contributed by atoms with E-state index in [1.807, 2.05) is 6.92 Å². The van der Waals surface area contributed by atoms with Gasteiger partial charge in [-0.15, -0.1) is 0 Å². The number of hydrogen-bond acceptors (Lipinski definition) is 4. The van der Waals surface area contributed by atoms with E-state index in [9.17, 15) is 13.2 Å². The zero-order valence-electron chi connectivity index (χ0n) is 12.0. The normalized spacial score (nSPS) is 23.8. The lowest BCUT2D eigenvalue weighted by molar-refractivity contribution is -0.124. The van der Waals surface area contributed by atoms with E-state index >= 15 is 0 Å². The number of nitrogens with one attached hydrogen (secondary N) is 1. The van der Waals surface area contributed by atoms with E-state index in [0.29, 0.717) is 17.2 Å². The molecule has 1 aromatic rings. The monoisotopic (exact) mass is 331 g/mol. The number of carbonyl (C=O) groups is 1. The third-order valence-electron chi connectivity index (χ3n) is 3.44. The van der Waals surface area contributed by atoms with Gasteiger partial charge in [-0.25, -0.2) is 8.42 Å². The summed E-state index contributed by atoms with van der Waals surface area (Å²) in [6.45, 7) is 3.43. The molecule has 1 heterocycles. The third kappa shape index (κ3) is 4.35. The maximum atomic E-state index is 11.9. The van der Waals surface area contributed by atoms with Gasteiger partial charge in [-0.05, 0) is 44.0 Å². The van der Waals surface area contributed by atoms with Crippen LogP contribution in [0.5, 0.6) is 5.75 Å². The van der Waals surface area contributed by atoms with Gasteiger partial charge in [-0.1, -0.05) is 11.6 Å². The van der Waals surface area contributed by atoms with Gasteiger partial charge >= 0.3 is 0 Å². The summed E-state index contributed by atoms with van der Waals surface area (Å²) in [5.41, 5.74) is 0.165. The van der Waals surface area contributed by atoms with Gasteiger partial charge in [0.05, 0.1) is 17.0 Å². The van der Waals surface area contributed by atoms with Crippen molar-refractivity contribution in [1.82, 2.24) is 5.32 Å². The quantitative estimate of drug-likeness (QED) is 0.911. The van der Waals surface area contributed by atoms with E-state index in [2.05, 4.69) is 5.32 Å². The number of sulfone groups is 1. The highest BCUT2D eigenvalue weighted by atomic mass is 35.5. The number of aryl methyl sites for hydroxylation is 1. The second kappa shape index (κ2) is 5.85. The van der Waals surface area contributed by atoms with E-state index in [-0.39, 0.29) is 24.0 Å². The van der Waals surface area contributed by atoms with Gasteiger partial charge in [0.25, 0.3) is 5.91 Å². The van der Waals surface area contributed by atoms with Gasteiger partial charge in [-0.3, -0.25) is 4.79 Å². The Balaban J connectivity index is 1.89. The number of hydrogen-bond donors (Lipinski definition) is 1. The summed E-state index contributed by atoms with van der Waals surface area (Å²) in [6, 6.07) is 5.14. The molecule has 1 atom stereocenters. The minimum atomic E-state index is -3.05. The first-order valence-corrected chi connectivity index (χ1v) is 8.79. The Hall–Kier alpha value is -1.27. The summed E-state index contributed by atoms with van der Waals surface area (Å²) >= 11 is 5.91. The molecule has 0 unspecified atom stereocenters. The highest BCUT2D eigenvalue weighted by Crippen LogP contribution is 2.23. The van der Waals surface area contributed by atoms with Crippen molar-refractivity contribution in [3.63, 3.8) is 0 Å². The lowest BCUT2D eigenvalue weighted by atomic mass is 10.0. The summed E-state index contributed by atoms with van der Waals surface area (Å²) < 4.78 is 28.4. The van der Waals surface area contributed by atoms with Crippen LogP contribution in [0.3, 0.4) is 0 Å². The lowest BCUT2D eigenvalue weighted by Gasteiger charge is -2.23. The molecule has 5 nitrogen and oxygen atoms in total. The van der Waals surface area contributed by atoms with Crippen LogP contribution in [0.2, 0.25) is 5.02 Å². The maximum Gasteiger partial charge on any atom is 0.258 e. The van der Waals surface area contributed by atoms with Gasteiger partial charge < -0.3 is 10.1 Å². The van der Waals surface area contributed by atoms with Gasteiger partial charge in [0.2, 0.25) is 0 Å². The summed E-state index contributed by atoms with van der Waals surface area (Å²) in [5.74, 6) is 0.311. The van der Waals surface area contributed by atoms with Crippen molar-refractivity contribution in [2.75, 3.05) is 18.1 Å².